The SMILES string of the molecule is Cc1c(COc2cc(OCc3cccc(P(C)(C)=O)c3)c(CNC(CCO)C(=O)O)cc2Cl)cccc1-c1cccc(COc2cc(OCc3cccc(P(C)(C)=O)c3)c(CNC(CCO)C(=O)O)cc2Cl)c1C. The summed E-state index contributed by atoms with van der Waals surface area (Å²) in [5.41, 5.74) is 8.42. The highest BCUT2D eigenvalue weighted by Gasteiger charge is 2.22. The normalized spacial score (nSPS) is 12.5. The second kappa shape index (κ2) is 26.2. The number of halogens is 2. The summed E-state index contributed by atoms with van der Waals surface area (Å²) in [4.78, 5) is 23.8. The Morgan fingerprint density at radius 2 is 0.878 bits per heavy atom. The number of nitrogens with one attached hydrogen (secondary N) is 2. The number of carboxylic acids is 2. The molecule has 0 heterocycles. The van der Waals surface area contributed by atoms with Crippen LogP contribution in [0.3, 0.4) is 0 Å². The highest BCUT2D eigenvalue weighted by molar-refractivity contribution is 7.70. The molecule has 14 nitrogen and oxygen atoms in total. The van der Waals surface area contributed by atoms with E-state index in [0.717, 1.165) is 55.1 Å². The second-order valence-corrected chi connectivity index (χ2v) is 26.0. The molecule has 6 N–H and O–H groups in total. The van der Waals surface area contributed by atoms with Gasteiger partial charge in [-0.3, -0.25) is 9.59 Å². The van der Waals surface area contributed by atoms with Gasteiger partial charge in [-0.25, -0.2) is 0 Å². The van der Waals surface area contributed by atoms with Gasteiger partial charge in [0.1, 0.15) is 75.8 Å². The summed E-state index contributed by atoms with van der Waals surface area (Å²) in [6, 6.07) is 31.4. The van der Waals surface area contributed by atoms with Crippen LogP contribution in [0.1, 0.15) is 57.3 Å². The maximum Gasteiger partial charge on any atom is 0.320 e. The predicted octanol–water partition coefficient (Wildman–Crippen LogP) is 9.94. The molecule has 0 aliphatic carbocycles. The lowest BCUT2D eigenvalue weighted by atomic mass is 9.92. The quantitative estimate of drug-likeness (QED) is 0.0265. The Morgan fingerprint density at radius 3 is 1.23 bits per heavy atom. The molecule has 0 saturated heterocycles. The van der Waals surface area contributed by atoms with E-state index in [9.17, 15) is 39.1 Å². The zero-order chi connectivity index (χ0) is 53.7. The van der Waals surface area contributed by atoms with E-state index in [0.29, 0.717) is 34.1 Å². The lowest BCUT2D eigenvalue weighted by Crippen LogP contribution is -2.37. The molecule has 6 aromatic carbocycles. The first-order chi connectivity index (χ1) is 35.2. The maximum absolute atomic E-state index is 12.8. The number of aliphatic hydroxyl groups excluding tert-OH is 2. The minimum Gasteiger partial charge on any atom is -0.488 e. The average molecular weight is 1090 g/mol. The number of ether oxygens (including phenoxy) is 4. The van der Waals surface area contributed by atoms with Gasteiger partial charge in [0.05, 0.1) is 10.0 Å². The Kier molecular flexibility index (Phi) is 20.4. The first-order valence-electron chi connectivity index (χ1n) is 23.9. The predicted molar refractivity (Wildman–Crippen MR) is 293 cm³/mol. The van der Waals surface area contributed by atoms with Gasteiger partial charge >= 0.3 is 11.9 Å². The summed E-state index contributed by atoms with van der Waals surface area (Å²) in [6.45, 7) is 10.9. The molecular formula is C56H64Cl2N2O12P2. The molecule has 0 aliphatic rings. The van der Waals surface area contributed by atoms with Crippen LogP contribution in [0.5, 0.6) is 23.0 Å². The average Bonchev–Trinajstić information content (AvgIpc) is 3.35. The van der Waals surface area contributed by atoms with Gasteiger partial charge in [-0.2, -0.15) is 0 Å². The Hall–Kier alpha value is -5.66. The van der Waals surface area contributed by atoms with Gasteiger partial charge in [-0.05, 0) is 122 Å². The summed E-state index contributed by atoms with van der Waals surface area (Å²) in [6.07, 6.45) is 0.0136. The molecule has 0 aliphatic heterocycles. The van der Waals surface area contributed by atoms with E-state index in [1.807, 2.05) is 98.8 Å². The number of carbonyl (C=O) groups is 2. The molecule has 74 heavy (non-hydrogen) atoms. The molecule has 2 atom stereocenters. The van der Waals surface area contributed by atoms with Crippen molar-refractivity contribution in [3.8, 4) is 34.1 Å². The Morgan fingerprint density at radius 1 is 0.514 bits per heavy atom. The summed E-state index contributed by atoms with van der Waals surface area (Å²) >= 11 is 13.7. The van der Waals surface area contributed by atoms with Crippen molar-refractivity contribution in [3.63, 3.8) is 0 Å². The van der Waals surface area contributed by atoms with Crippen LogP contribution in [0.25, 0.3) is 11.1 Å². The van der Waals surface area contributed by atoms with Gasteiger partial charge in [0.25, 0.3) is 0 Å². The van der Waals surface area contributed by atoms with Gasteiger partial charge in [0, 0.05) is 60.2 Å². The topological polar surface area (TPSA) is 210 Å². The molecule has 6 rings (SSSR count). The maximum atomic E-state index is 12.8. The summed E-state index contributed by atoms with van der Waals surface area (Å²) in [7, 11) is -5.06. The molecule has 0 amide bonds. The molecule has 0 spiro atoms. The molecule has 394 valence electrons. The van der Waals surface area contributed by atoms with Crippen molar-refractivity contribution in [1.82, 2.24) is 10.6 Å². The number of hydrogen-bond acceptors (Lipinski definition) is 12. The number of aliphatic carboxylic acids is 2. The fourth-order valence-corrected chi connectivity index (χ4v) is 10.5. The molecule has 0 bridgehead atoms. The van der Waals surface area contributed by atoms with E-state index in [1.54, 1.807) is 50.9 Å². The van der Waals surface area contributed by atoms with Crippen LogP contribution in [-0.4, -0.2) is 84.3 Å². The third kappa shape index (κ3) is 15.7. The van der Waals surface area contributed by atoms with Gasteiger partial charge in [0.2, 0.25) is 0 Å². The van der Waals surface area contributed by atoms with E-state index in [4.69, 9.17) is 42.1 Å². The van der Waals surface area contributed by atoms with E-state index < -0.39 is 38.3 Å². The third-order valence-electron chi connectivity index (χ3n) is 12.5. The van der Waals surface area contributed by atoms with E-state index in [1.165, 1.54) is 0 Å². The number of carboxylic acid groups (broad SMARTS) is 2. The zero-order valence-electron chi connectivity index (χ0n) is 42.3. The molecule has 0 saturated carbocycles. The fourth-order valence-electron chi connectivity index (χ4n) is 8.13. The summed E-state index contributed by atoms with van der Waals surface area (Å²) < 4.78 is 51.1. The van der Waals surface area contributed by atoms with Crippen molar-refractivity contribution in [1.29, 1.82) is 0 Å². The Bertz CT molecular complexity index is 2850. The standard InChI is InChI=1S/C56H64Cl2N2O12P2/c1-35-39(33-71-53-27-51(69-31-37-11-7-15-43(23-37)73(3,4)67)41(25-47(53)57)29-59-49(19-21-61)55(63)64)13-9-17-45(35)46-18-10-14-40(36(46)2)34-72-54-28-52(70-32-38-12-8-16-44(24-38)74(5,6)68)42(26-48(54)58)30-60-50(20-22-62)56(65)66/h7-18,23-28,49-50,59-62H,19-22,29-34H2,1-6H3,(H,63,64)(H,65,66). The lowest BCUT2D eigenvalue weighted by molar-refractivity contribution is -0.140. The minimum atomic E-state index is -2.53. The first kappa shape index (κ1) is 57.6. The zero-order valence-corrected chi connectivity index (χ0v) is 45.6. The fraction of sp³-hybridized carbons (Fsp3) is 0.321. The number of hydrogen-bond donors (Lipinski definition) is 6. The second-order valence-electron chi connectivity index (χ2n) is 18.7. The molecular weight excluding hydrogens is 1030 g/mol. The van der Waals surface area contributed by atoms with Gasteiger partial charge in [0.15, 0.2) is 0 Å². The Balaban J connectivity index is 1.22. The molecule has 2 unspecified atom stereocenters. The van der Waals surface area contributed by atoms with Crippen molar-refractivity contribution >= 4 is 60.0 Å². The monoisotopic (exact) mass is 1090 g/mol. The van der Waals surface area contributed by atoms with Crippen LogP contribution in [-0.2, 0) is 58.2 Å². The molecule has 0 radical (unpaired) electrons. The smallest absolute Gasteiger partial charge is 0.320 e. The molecule has 18 heteroatoms. The summed E-state index contributed by atoms with van der Waals surface area (Å²) in [5.74, 6) is -0.705. The largest absolute Gasteiger partial charge is 0.488 e. The molecule has 0 aromatic heterocycles. The van der Waals surface area contributed by atoms with Crippen LogP contribution in [0, 0.1) is 13.8 Å². The van der Waals surface area contributed by atoms with Crippen LogP contribution in [0.4, 0.5) is 0 Å². The highest BCUT2D eigenvalue weighted by atomic mass is 35.5. The Labute approximate surface area is 442 Å². The van der Waals surface area contributed by atoms with Crippen molar-refractivity contribution in [2.75, 3.05) is 39.9 Å². The van der Waals surface area contributed by atoms with Crippen molar-refractivity contribution in [2.45, 2.75) is 78.3 Å². The highest BCUT2D eigenvalue weighted by Crippen LogP contribution is 2.39. The van der Waals surface area contributed by atoms with Crippen LogP contribution < -0.4 is 40.2 Å². The van der Waals surface area contributed by atoms with E-state index >= 15 is 0 Å². The first-order valence-corrected chi connectivity index (χ1v) is 29.9. The third-order valence-corrected chi connectivity index (χ3v) is 16.2. The van der Waals surface area contributed by atoms with Crippen LogP contribution in [0.15, 0.2) is 109 Å². The number of benzene rings is 6. The van der Waals surface area contributed by atoms with Crippen LogP contribution >= 0.6 is 37.5 Å². The van der Waals surface area contributed by atoms with Gasteiger partial charge in [-0.15, -0.1) is 0 Å². The van der Waals surface area contributed by atoms with E-state index in [-0.39, 0.29) is 75.6 Å². The summed E-state index contributed by atoms with van der Waals surface area (Å²) in [5, 5.41) is 46.3. The number of aliphatic hydroxyl groups is 2. The molecule has 6 aromatic rings. The lowest BCUT2D eigenvalue weighted by Gasteiger charge is -2.20. The van der Waals surface area contributed by atoms with E-state index in [2.05, 4.69) is 10.6 Å². The van der Waals surface area contributed by atoms with Crippen molar-refractivity contribution in [3.05, 3.63) is 164 Å². The van der Waals surface area contributed by atoms with Gasteiger partial charge < -0.3 is 59.1 Å². The molecule has 0 fully saturated rings. The number of rotatable bonds is 27. The van der Waals surface area contributed by atoms with Crippen molar-refractivity contribution < 1.29 is 58.1 Å². The minimum absolute atomic E-state index is 0.00681. The van der Waals surface area contributed by atoms with Gasteiger partial charge in [-0.1, -0.05) is 96.0 Å². The van der Waals surface area contributed by atoms with Crippen molar-refractivity contribution in [2.24, 2.45) is 0 Å². The van der Waals surface area contributed by atoms with Crippen LogP contribution in [0.2, 0.25) is 10.0 Å².